The van der Waals surface area contributed by atoms with Crippen LogP contribution in [0.1, 0.15) is 6.92 Å². The minimum absolute atomic E-state index is 0.0228. The molecule has 0 unspecified atom stereocenters. The summed E-state index contributed by atoms with van der Waals surface area (Å²) in [5.74, 6) is 1.12. The lowest BCUT2D eigenvalue weighted by molar-refractivity contribution is 0.0325. The molecular formula is C20H23Cl3O6S. The summed E-state index contributed by atoms with van der Waals surface area (Å²) in [5, 5.41) is 9.80. The molecule has 0 aliphatic rings. The number of alkyl halides is 1. The predicted molar refractivity (Wildman–Crippen MR) is 117 cm³/mol. The van der Waals surface area contributed by atoms with Crippen LogP contribution in [0.5, 0.6) is 11.5 Å². The van der Waals surface area contributed by atoms with Gasteiger partial charge in [-0.25, -0.2) is 8.42 Å². The molecule has 6 nitrogen and oxygen atoms in total. The van der Waals surface area contributed by atoms with Gasteiger partial charge in [-0.3, -0.25) is 0 Å². The Hall–Kier alpha value is -1.22. The van der Waals surface area contributed by atoms with Crippen LogP contribution in [-0.4, -0.2) is 52.4 Å². The molecule has 0 aliphatic heterocycles. The fraction of sp³-hybridized carbons (Fsp3) is 0.400. The Kier molecular flexibility index (Phi) is 9.53. The molecule has 2 aromatic carbocycles. The third-order valence-corrected chi connectivity index (χ3v) is 6.83. The van der Waals surface area contributed by atoms with Gasteiger partial charge >= 0.3 is 0 Å². The first-order valence-electron chi connectivity index (χ1n) is 9.01. The monoisotopic (exact) mass is 496 g/mol. The van der Waals surface area contributed by atoms with E-state index in [0.717, 1.165) is 0 Å². The smallest absolute Gasteiger partial charge is 0.206 e. The number of rotatable bonds is 11. The van der Waals surface area contributed by atoms with Gasteiger partial charge in [0.05, 0.1) is 33.0 Å². The highest BCUT2D eigenvalue weighted by molar-refractivity contribution is 7.91. The standard InChI is InChI=1S/C20H23Cl3O6S/c1-13(9-21)10-29-20-18(22)7-17(8-19(20)23)30(25,26)16-5-3-15(4-6-16)28-12-14(24)11-27-2/h3-8,13-14,24H,9-12H2,1-2H3/t13-,14+/m0/s1. The Bertz CT molecular complexity index is 911. The maximum atomic E-state index is 13.0. The first kappa shape index (κ1) is 25.0. The minimum Gasteiger partial charge on any atom is -0.491 e. The lowest BCUT2D eigenvalue weighted by Crippen LogP contribution is -2.22. The summed E-state index contributed by atoms with van der Waals surface area (Å²) < 4.78 is 41.7. The van der Waals surface area contributed by atoms with Crippen LogP contribution in [0.25, 0.3) is 0 Å². The molecule has 0 saturated carbocycles. The SMILES string of the molecule is COC[C@@H](O)COc1ccc(S(=O)(=O)c2cc(Cl)c(OC[C@@H](C)CCl)c(Cl)c2)cc1. The van der Waals surface area contributed by atoms with E-state index in [2.05, 4.69) is 0 Å². The van der Waals surface area contributed by atoms with Gasteiger partial charge in [0.15, 0.2) is 5.75 Å². The van der Waals surface area contributed by atoms with Gasteiger partial charge in [0.2, 0.25) is 9.84 Å². The van der Waals surface area contributed by atoms with E-state index in [4.69, 9.17) is 49.0 Å². The van der Waals surface area contributed by atoms with E-state index in [1.807, 2.05) is 6.92 Å². The van der Waals surface area contributed by atoms with E-state index >= 15 is 0 Å². The fourth-order valence-corrected chi connectivity index (χ4v) is 4.51. The first-order valence-corrected chi connectivity index (χ1v) is 11.8. The van der Waals surface area contributed by atoms with Crippen LogP contribution in [-0.2, 0) is 14.6 Å². The van der Waals surface area contributed by atoms with Crippen molar-refractivity contribution in [2.75, 3.05) is 32.8 Å². The molecule has 0 radical (unpaired) electrons. The Labute approximate surface area is 191 Å². The summed E-state index contributed by atoms with van der Waals surface area (Å²) >= 11 is 18.2. The number of aliphatic hydroxyl groups is 1. The fourth-order valence-electron chi connectivity index (χ4n) is 2.38. The predicted octanol–water partition coefficient (Wildman–Crippen LogP) is 4.47. The maximum absolute atomic E-state index is 13.0. The van der Waals surface area contributed by atoms with E-state index in [9.17, 15) is 13.5 Å². The van der Waals surface area contributed by atoms with Gasteiger partial charge in [-0.05, 0) is 36.4 Å². The van der Waals surface area contributed by atoms with Crippen LogP contribution in [0.4, 0.5) is 0 Å². The van der Waals surface area contributed by atoms with E-state index in [1.54, 1.807) is 0 Å². The highest BCUT2D eigenvalue weighted by atomic mass is 35.5. The number of ether oxygens (including phenoxy) is 3. The molecule has 0 saturated heterocycles. The number of sulfone groups is 1. The minimum atomic E-state index is -3.86. The van der Waals surface area contributed by atoms with Crippen molar-refractivity contribution in [2.24, 2.45) is 5.92 Å². The topological polar surface area (TPSA) is 82.1 Å². The number of methoxy groups -OCH3 is 1. The molecule has 30 heavy (non-hydrogen) atoms. The summed E-state index contributed by atoms with van der Waals surface area (Å²) in [4.78, 5) is -0.0109. The van der Waals surface area contributed by atoms with Gasteiger partial charge in [0.1, 0.15) is 18.5 Å². The van der Waals surface area contributed by atoms with Crippen molar-refractivity contribution in [1.29, 1.82) is 0 Å². The third kappa shape index (κ3) is 6.64. The lowest BCUT2D eigenvalue weighted by Gasteiger charge is -2.15. The van der Waals surface area contributed by atoms with Crippen molar-refractivity contribution in [1.82, 2.24) is 0 Å². The van der Waals surface area contributed by atoms with Gasteiger partial charge in [0, 0.05) is 18.9 Å². The molecule has 2 aromatic rings. The average molecular weight is 498 g/mol. The molecule has 2 atom stereocenters. The van der Waals surface area contributed by atoms with E-state index in [0.29, 0.717) is 18.2 Å². The largest absolute Gasteiger partial charge is 0.491 e. The van der Waals surface area contributed by atoms with Crippen molar-refractivity contribution >= 4 is 44.6 Å². The number of halogens is 3. The Morgan fingerprint density at radius 2 is 1.57 bits per heavy atom. The Morgan fingerprint density at radius 3 is 2.10 bits per heavy atom. The zero-order chi connectivity index (χ0) is 22.3. The van der Waals surface area contributed by atoms with Crippen molar-refractivity contribution in [3.05, 3.63) is 46.4 Å². The van der Waals surface area contributed by atoms with Gasteiger partial charge in [-0.15, -0.1) is 11.6 Å². The lowest BCUT2D eigenvalue weighted by atomic mass is 10.2. The maximum Gasteiger partial charge on any atom is 0.206 e. The van der Waals surface area contributed by atoms with Crippen molar-refractivity contribution in [3.63, 3.8) is 0 Å². The second-order valence-corrected chi connectivity index (χ2v) is 9.75. The molecule has 2 rings (SSSR count). The van der Waals surface area contributed by atoms with Gasteiger partial charge < -0.3 is 19.3 Å². The molecule has 0 fully saturated rings. The molecule has 1 N–H and O–H groups in total. The molecule has 0 bridgehead atoms. The average Bonchev–Trinajstić information content (AvgIpc) is 2.71. The number of hydrogen-bond donors (Lipinski definition) is 1. The summed E-state index contributed by atoms with van der Waals surface area (Å²) in [7, 11) is -2.39. The van der Waals surface area contributed by atoms with Crippen LogP contribution >= 0.6 is 34.8 Å². The Morgan fingerprint density at radius 1 is 0.967 bits per heavy atom. The number of aliphatic hydroxyl groups excluding tert-OH is 1. The molecule has 0 heterocycles. The van der Waals surface area contributed by atoms with Gasteiger partial charge in [0.25, 0.3) is 0 Å². The molecule has 0 aromatic heterocycles. The molecule has 0 spiro atoms. The summed E-state index contributed by atoms with van der Waals surface area (Å²) in [5.41, 5.74) is 0. The molecule has 0 amide bonds. The van der Waals surface area contributed by atoms with Gasteiger partial charge in [-0.1, -0.05) is 30.1 Å². The van der Waals surface area contributed by atoms with E-state index in [-0.39, 0.29) is 44.7 Å². The highest BCUT2D eigenvalue weighted by Crippen LogP contribution is 2.37. The molecule has 166 valence electrons. The van der Waals surface area contributed by atoms with Crippen molar-refractivity contribution in [2.45, 2.75) is 22.8 Å². The normalized spacial score (nSPS) is 13.7. The zero-order valence-electron chi connectivity index (χ0n) is 16.5. The number of benzene rings is 2. The van der Waals surface area contributed by atoms with Crippen LogP contribution in [0, 0.1) is 5.92 Å². The van der Waals surface area contributed by atoms with Crippen LogP contribution in [0.2, 0.25) is 10.0 Å². The second kappa shape index (κ2) is 11.4. The number of hydrogen-bond acceptors (Lipinski definition) is 6. The second-order valence-electron chi connectivity index (χ2n) is 6.68. The highest BCUT2D eigenvalue weighted by Gasteiger charge is 2.22. The molecular weight excluding hydrogens is 475 g/mol. The van der Waals surface area contributed by atoms with Crippen molar-refractivity contribution in [3.8, 4) is 11.5 Å². The van der Waals surface area contributed by atoms with Crippen LogP contribution < -0.4 is 9.47 Å². The third-order valence-electron chi connectivity index (χ3n) is 3.99. The Balaban J connectivity index is 2.18. The summed E-state index contributed by atoms with van der Waals surface area (Å²) in [6.45, 7) is 2.36. The first-order chi connectivity index (χ1) is 14.2. The zero-order valence-corrected chi connectivity index (χ0v) is 19.6. The summed E-state index contributed by atoms with van der Waals surface area (Å²) in [6.07, 6.45) is -0.782. The van der Waals surface area contributed by atoms with Gasteiger partial charge in [-0.2, -0.15) is 0 Å². The van der Waals surface area contributed by atoms with Crippen LogP contribution in [0.15, 0.2) is 46.2 Å². The summed E-state index contributed by atoms with van der Waals surface area (Å²) in [6, 6.07) is 8.41. The van der Waals surface area contributed by atoms with Crippen LogP contribution in [0.3, 0.4) is 0 Å². The van der Waals surface area contributed by atoms with E-state index < -0.39 is 15.9 Å². The quantitative estimate of drug-likeness (QED) is 0.461. The van der Waals surface area contributed by atoms with Crippen molar-refractivity contribution < 1.29 is 27.7 Å². The molecule has 0 aliphatic carbocycles. The van der Waals surface area contributed by atoms with E-state index in [1.165, 1.54) is 43.5 Å². The molecule has 10 heteroatoms.